The average molecular weight is 367 g/mol. The predicted molar refractivity (Wildman–Crippen MR) is 104 cm³/mol. The Morgan fingerprint density at radius 3 is 1.81 bits per heavy atom. The molecule has 1 N–H and O–H groups in total. The second-order valence-corrected chi connectivity index (χ2v) is 7.30. The number of benzene rings is 2. The molecule has 0 heterocycles. The number of hydrogen-bond donors (Lipinski definition) is 1. The van der Waals surface area contributed by atoms with Gasteiger partial charge in [-0.25, -0.2) is 0 Å². The van der Waals surface area contributed by atoms with Crippen molar-refractivity contribution in [3.63, 3.8) is 0 Å². The van der Waals surface area contributed by atoms with Crippen LogP contribution in [0.25, 0.3) is 0 Å². The van der Waals surface area contributed by atoms with E-state index in [4.69, 9.17) is 0 Å². The Labute approximate surface area is 161 Å². The number of Topliss-reactive ketones (excluding diaryl/α,β-unsaturated/α-hetero) is 1. The van der Waals surface area contributed by atoms with Crippen LogP contribution in [0.2, 0.25) is 0 Å². The number of ketones is 1. The second kappa shape index (κ2) is 9.47. The maximum Gasteiger partial charge on any atom is 0.147 e. The standard InChI is InChI=1S/C23H29NO3/c1-4-21(25)23(18-11-7-5-8-12-18,19-13-9-6-10-14-19)17-20(24(2)3)15-16-22(26)27/h5-14,20H,4,15-17H2,1-3H3,(H,26,27)/t20-/m1/s1. The van der Waals surface area contributed by atoms with E-state index in [9.17, 15) is 14.7 Å². The number of carbonyl (C=O) groups excluding carboxylic acids is 2. The molecule has 0 amide bonds. The lowest BCUT2D eigenvalue weighted by molar-refractivity contribution is -0.886. The van der Waals surface area contributed by atoms with Crippen molar-refractivity contribution in [1.29, 1.82) is 0 Å². The first-order chi connectivity index (χ1) is 12.9. The maximum absolute atomic E-state index is 13.4. The van der Waals surface area contributed by atoms with Crippen molar-refractivity contribution >= 4 is 11.8 Å². The van der Waals surface area contributed by atoms with Gasteiger partial charge in [-0.05, 0) is 17.5 Å². The van der Waals surface area contributed by atoms with E-state index in [1.807, 2.05) is 81.7 Å². The van der Waals surface area contributed by atoms with E-state index in [1.165, 1.54) is 0 Å². The number of rotatable bonds is 10. The molecule has 0 aliphatic carbocycles. The van der Waals surface area contributed by atoms with Gasteiger partial charge in [0.15, 0.2) is 0 Å². The third kappa shape index (κ3) is 4.83. The van der Waals surface area contributed by atoms with E-state index in [2.05, 4.69) is 0 Å². The van der Waals surface area contributed by atoms with E-state index in [1.54, 1.807) is 0 Å². The molecule has 4 nitrogen and oxygen atoms in total. The van der Waals surface area contributed by atoms with Gasteiger partial charge in [0.05, 0.1) is 25.6 Å². The predicted octanol–water partition coefficient (Wildman–Crippen LogP) is 1.39. The van der Waals surface area contributed by atoms with Gasteiger partial charge in [0.2, 0.25) is 0 Å². The number of hydrogen-bond acceptors (Lipinski definition) is 3. The van der Waals surface area contributed by atoms with Gasteiger partial charge in [-0.3, -0.25) is 4.79 Å². The summed E-state index contributed by atoms with van der Waals surface area (Å²) in [5.74, 6) is -0.896. The van der Waals surface area contributed by atoms with Crippen LogP contribution < -0.4 is 10.0 Å². The summed E-state index contributed by atoms with van der Waals surface area (Å²) in [6, 6.07) is 19.7. The molecule has 2 rings (SSSR count). The van der Waals surface area contributed by atoms with Crippen LogP contribution in [0.4, 0.5) is 0 Å². The molecule has 0 aliphatic rings. The molecule has 0 spiro atoms. The Balaban J connectivity index is 2.60. The monoisotopic (exact) mass is 367 g/mol. The molecule has 0 saturated carbocycles. The third-order valence-corrected chi connectivity index (χ3v) is 5.40. The molecule has 1 atom stereocenters. The van der Waals surface area contributed by atoms with Crippen molar-refractivity contribution in [2.24, 2.45) is 0 Å². The largest absolute Gasteiger partial charge is 0.550 e. The van der Waals surface area contributed by atoms with Crippen LogP contribution in [-0.4, -0.2) is 31.9 Å². The summed E-state index contributed by atoms with van der Waals surface area (Å²) in [6.45, 7) is 1.89. The summed E-state index contributed by atoms with van der Waals surface area (Å²) in [7, 11) is 4.02. The van der Waals surface area contributed by atoms with Gasteiger partial charge in [0.25, 0.3) is 0 Å². The first-order valence-electron chi connectivity index (χ1n) is 9.56. The first kappa shape index (κ1) is 20.8. The van der Waals surface area contributed by atoms with Gasteiger partial charge in [-0.1, -0.05) is 67.6 Å². The van der Waals surface area contributed by atoms with Crippen LogP contribution in [-0.2, 0) is 15.0 Å². The fourth-order valence-electron chi connectivity index (χ4n) is 3.84. The smallest absolute Gasteiger partial charge is 0.147 e. The minimum atomic E-state index is -1.05. The Bertz CT molecular complexity index is 701. The lowest BCUT2D eigenvalue weighted by Gasteiger charge is -2.37. The Kier molecular flexibility index (Phi) is 7.31. The van der Waals surface area contributed by atoms with Crippen LogP contribution in [0.3, 0.4) is 0 Å². The Hall–Kier alpha value is -2.46. The number of carboxylic acid groups (broad SMARTS) is 1. The summed E-state index contributed by atoms with van der Waals surface area (Å²) >= 11 is 0. The van der Waals surface area contributed by atoms with Crippen molar-refractivity contribution in [1.82, 2.24) is 0 Å². The second-order valence-electron chi connectivity index (χ2n) is 7.30. The topological polar surface area (TPSA) is 61.6 Å². The normalized spacial score (nSPS) is 12.7. The number of nitrogens with one attached hydrogen (secondary N) is 1. The zero-order valence-corrected chi connectivity index (χ0v) is 16.4. The highest BCUT2D eigenvalue weighted by Gasteiger charge is 2.43. The van der Waals surface area contributed by atoms with Crippen molar-refractivity contribution in [2.75, 3.05) is 14.1 Å². The van der Waals surface area contributed by atoms with E-state index < -0.39 is 11.4 Å². The van der Waals surface area contributed by atoms with E-state index >= 15 is 0 Å². The molecule has 144 valence electrons. The molecular weight excluding hydrogens is 338 g/mol. The molecule has 4 heteroatoms. The van der Waals surface area contributed by atoms with Crippen LogP contribution in [0.5, 0.6) is 0 Å². The fourth-order valence-corrected chi connectivity index (χ4v) is 3.84. The number of carbonyl (C=O) groups is 2. The van der Waals surface area contributed by atoms with Gasteiger partial charge in [-0.15, -0.1) is 0 Å². The molecule has 0 fully saturated rings. The molecule has 2 aromatic carbocycles. The van der Waals surface area contributed by atoms with Crippen molar-refractivity contribution in [2.45, 2.75) is 44.1 Å². The molecule has 0 radical (unpaired) electrons. The van der Waals surface area contributed by atoms with E-state index in [0.29, 0.717) is 19.3 Å². The Morgan fingerprint density at radius 1 is 0.963 bits per heavy atom. The number of aliphatic carboxylic acids is 1. The van der Waals surface area contributed by atoms with Crippen molar-refractivity contribution in [3.8, 4) is 0 Å². The van der Waals surface area contributed by atoms with Gasteiger partial charge in [0, 0.05) is 25.2 Å². The molecule has 0 bridgehead atoms. The van der Waals surface area contributed by atoms with Gasteiger partial charge >= 0.3 is 0 Å². The van der Waals surface area contributed by atoms with Gasteiger partial charge in [-0.2, -0.15) is 0 Å². The summed E-state index contributed by atoms with van der Waals surface area (Å²) in [5, 5.41) is 11.0. The molecule has 2 aromatic rings. The molecule has 0 aromatic heterocycles. The summed E-state index contributed by atoms with van der Waals surface area (Å²) in [5.41, 5.74) is 1.14. The summed E-state index contributed by atoms with van der Waals surface area (Å²) < 4.78 is 0. The van der Waals surface area contributed by atoms with E-state index in [-0.39, 0.29) is 18.2 Å². The quantitative estimate of drug-likeness (QED) is 0.690. The van der Waals surface area contributed by atoms with Crippen LogP contribution in [0.15, 0.2) is 60.7 Å². The number of quaternary nitrogens is 1. The highest BCUT2D eigenvalue weighted by Crippen LogP contribution is 2.39. The lowest BCUT2D eigenvalue weighted by Crippen LogP contribution is -3.10. The van der Waals surface area contributed by atoms with Crippen LogP contribution in [0.1, 0.15) is 43.7 Å². The highest BCUT2D eigenvalue weighted by molar-refractivity contribution is 5.93. The van der Waals surface area contributed by atoms with Gasteiger partial charge in [0.1, 0.15) is 5.78 Å². The SMILES string of the molecule is CCC(=O)C(C[C@@H](CCC(=O)[O-])[NH+](C)C)(c1ccccc1)c1ccccc1. The zero-order valence-electron chi connectivity index (χ0n) is 16.4. The van der Waals surface area contributed by atoms with Crippen LogP contribution >= 0.6 is 0 Å². The first-order valence-corrected chi connectivity index (χ1v) is 9.56. The minimum Gasteiger partial charge on any atom is -0.550 e. The molecular formula is C23H29NO3. The lowest BCUT2D eigenvalue weighted by atomic mass is 9.66. The highest BCUT2D eigenvalue weighted by atomic mass is 16.4. The molecule has 0 saturated heterocycles. The molecule has 0 aliphatic heterocycles. The Morgan fingerprint density at radius 2 is 1.44 bits per heavy atom. The van der Waals surface area contributed by atoms with E-state index in [0.717, 1.165) is 16.0 Å². The summed E-state index contributed by atoms with van der Waals surface area (Å²) in [6.07, 6.45) is 1.45. The van der Waals surface area contributed by atoms with Gasteiger partial charge < -0.3 is 14.8 Å². The zero-order chi connectivity index (χ0) is 19.9. The fraction of sp³-hybridized carbons (Fsp3) is 0.391. The van der Waals surface area contributed by atoms with Crippen molar-refractivity contribution < 1.29 is 19.6 Å². The molecule has 0 unspecified atom stereocenters. The third-order valence-electron chi connectivity index (χ3n) is 5.40. The minimum absolute atomic E-state index is 0.00415. The average Bonchev–Trinajstić information content (AvgIpc) is 2.68. The number of carboxylic acids is 1. The molecule has 27 heavy (non-hydrogen) atoms. The maximum atomic E-state index is 13.4. The summed E-state index contributed by atoms with van der Waals surface area (Å²) in [4.78, 5) is 25.6. The van der Waals surface area contributed by atoms with Crippen LogP contribution in [0, 0.1) is 0 Å². The van der Waals surface area contributed by atoms with Crippen molar-refractivity contribution in [3.05, 3.63) is 71.8 Å².